The first-order chi connectivity index (χ1) is 11.8. The Hall–Kier alpha value is -2.05. The lowest BCUT2D eigenvalue weighted by atomic mass is 9.76. The molecule has 2 amide bonds. The van der Waals surface area contributed by atoms with Crippen LogP contribution in [0.3, 0.4) is 0 Å². The van der Waals surface area contributed by atoms with Gasteiger partial charge in [0, 0.05) is 31.1 Å². The van der Waals surface area contributed by atoms with Gasteiger partial charge in [-0.1, -0.05) is 12.8 Å². The monoisotopic (exact) mass is 354 g/mol. The summed E-state index contributed by atoms with van der Waals surface area (Å²) in [6.07, 6.45) is -0.539. The van der Waals surface area contributed by atoms with E-state index in [-0.39, 0.29) is 28.7 Å². The van der Waals surface area contributed by atoms with Crippen molar-refractivity contribution < 1.29 is 22.8 Å². The largest absolute Gasteiger partial charge is 0.416 e. The Morgan fingerprint density at radius 3 is 2.28 bits per heavy atom. The molecule has 1 aromatic carbocycles. The number of nitrogens with zero attached hydrogens (tertiary/aromatic N) is 1. The molecular weight excluding hydrogens is 333 g/mol. The molecule has 7 heteroatoms. The number of likely N-dealkylation sites (tertiary alicyclic amines) is 1. The molecule has 0 bridgehead atoms. The van der Waals surface area contributed by atoms with Gasteiger partial charge in [-0.15, -0.1) is 0 Å². The Kier molecular flexibility index (Phi) is 4.51. The standard InChI is InChI=1S/C18H21F3N2O2/c1-22-15(24)14-10-23(11-17(14)8-2-3-9-17)16(25)12-4-6-13(7-5-12)18(19,20)21/h4-7,14H,2-3,8-11H2,1H3,(H,22,24)/t14-/m1/s1. The molecule has 2 aliphatic rings. The molecule has 1 aliphatic carbocycles. The summed E-state index contributed by atoms with van der Waals surface area (Å²) in [6, 6.07) is 4.26. The molecule has 0 aromatic heterocycles. The Morgan fingerprint density at radius 2 is 1.76 bits per heavy atom. The number of nitrogens with one attached hydrogen (secondary N) is 1. The van der Waals surface area contributed by atoms with Gasteiger partial charge >= 0.3 is 6.18 Å². The molecule has 136 valence electrons. The molecule has 25 heavy (non-hydrogen) atoms. The van der Waals surface area contributed by atoms with Crippen LogP contribution in [0.4, 0.5) is 13.2 Å². The quantitative estimate of drug-likeness (QED) is 0.887. The summed E-state index contributed by atoms with van der Waals surface area (Å²) in [6.45, 7) is 0.810. The number of rotatable bonds is 2. The smallest absolute Gasteiger partial charge is 0.359 e. The van der Waals surface area contributed by atoms with Gasteiger partial charge in [0.25, 0.3) is 5.91 Å². The van der Waals surface area contributed by atoms with Crippen LogP contribution in [0.15, 0.2) is 24.3 Å². The van der Waals surface area contributed by atoms with Gasteiger partial charge in [-0.3, -0.25) is 9.59 Å². The van der Waals surface area contributed by atoms with Crippen LogP contribution in [0.25, 0.3) is 0 Å². The predicted molar refractivity (Wildman–Crippen MR) is 85.8 cm³/mol. The first kappa shape index (κ1) is 17.8. The molecule has 1 atom stereocenters. The highest BCUT2D eigenvalue weighted by molar-refractivity contribution is 5.95. The fraction of sp³-hybridized carbons (Fsp3) is 0.556. The molecule has 0 radical (unpaired) electrons. The van der Waals surface area contributed by atoms with Crippen molar-refractivity contribution in [3.05, 3.63) is 35.4 Å². The number of hydrogen-bond acceptors (Lipinski definition) is 2. The van der Waals surface area contributed by atoms with Crippen molar-refractivity contribution in [1.82, 2.24) is 10.2 Å². The highest BCUT2D eigenvalue weighted by Gasteiger charge is 2.52. The van der Waals surface area contributed by atoms with Gasteiger partial charge in [0.1, 0.15) is 0 Å². The summed E-state index contributed by atoms with van der Waals surface area (Å²) >= 11 is 0. The third-order valence-corrected chi connectivity index (χ3v) is 5.56. The summed E-state index contributed by atoms with van der Waals surface area (Å²) in [4.78, 5) is 26.6. The number of carbonyl (C=O) groups excluding carboxylic acids is 2. The molecule has 1 N–H and O–H groups in total. The topological polar surface area (TPSA) is 49.4 Å². The second kappa shape index (κ2) is 6.35. The summed E-state index contributed by atoms with van der Waals surface area (Å²) < 4.78 is 38.0. The van der Waals surface area contributed by atoms with Crippen molar-refractivity contribution in [3.63, 3.8) is 0 Å². The van der Waals surface area contributed by atoms with Gasteiger partial charge in [0.2, 0.25) is 5.91 Å². The van der Waals surface area contributed by atoms with Crippen LogP contribution in [-0.2, 0) is 11.0 Å². The van der Waals surface area contributed by atoms with Gasteiger partial charge < -0.3 is 10.2 Å². The number of alkyl halides is 3. The fourth-order valence-electron chi connectivity index (χ4n) is 4.23. The summed E-state index contributed by atoms with van der Waals surface area (Å²) in [7, 11) is 1.59. The van der Waals surface area contributed by atoms with Crippen LogP contribution in [-0.4, -0.2) is 36.9 Å². The zero-order valence-corrected chi connectivity index (χ0v) is 14.0. The molecular formula is C18H21F3N2O2. The van der Waals surface area contributed by atoms with E-state index in [1.54, 1.807) is 11.9 Å². The normalized spacial score (nSPS) is 22.4. The lowest BCUT2D eigenvalue weighted by molar-refractivity contribution is -0.137. The predicted octanol–water partition coefficient (Wildman–Crippen LogP) is 3.08. The van der Waals surface area contributed by atoms with E-state index >= 15 is 0 Å². The third-order valence-electron chi connectivity index (χ3n) is 5.56. The zero-order valence-electron chi connectivity index (χ0n) is 14.0. The fourth-order valence-corrected chi connectivity index (χ4v) is 4.23. The number of benzene rings is 1. The number of hydrogen-bond donors (Lipinski definition) is 1. The summed E-state index contributed by atoms with van der Waals surface area (Å²) in [5.41, 5.74) is -0.749. The van der Waals surface area contributed by atoms with E-state index in [1.165, 1.54) is 12.1 Å². The van der Waals surface area contributed by atoms with Crippen LogP contribution < -0.4 is 5.32 Å². The number of halogens is 3. The van der Waals surface area contributed by atoms with Gasteiger partial charge in [0.15, 0.2) is 0 Å². The van der Waals surface area contributed by atoms with Crippen LogP contribution >= 0.6 is 0 Å². The van der Waals surface area contributed by atoms with E-state index in [2.05, 4.69) is 5.32 Å². The van der Waals surface area contributed by atoms with Crippen LogP contribution in [0.1, 0.15) is 41.6 Å². The average molecular weight is 354 g/mol. The second-order valence-corrected chi connectivity index (χ2v) is 7.00. The molecule has 0 unspecified atom stereocenters. The van der Waals surface area contributed by atoms with E-state index in [0.29, 0.717) is 13.1 Å². The Balaban J connectivity index is 1.80. The van der Waals surface area contributed by atoms with Crippen molar-refractivity contribution in [2.24, 2.45) is 11.3 Å². The minimum absolute atomic E-state index is 0.0652. The molecule has 3 rings (SSSR count). The lowest BCUT2D eigenvalue weighted by Crippen LogP contribution is -2.38. The van der Waals surface area contributed by atoms with Crippen molar-refractivity contribution >= 4 is 11.8 Å². The first-order valence-corrected chi connectivity index (χ1v) is 8.45. The highest BCUT2D eigenvalue weighted by Crippen LogP contribution is 2.49. The number of amides is 2. The molecule has 1 spiro atoms. The molecule has 2 fully saturated rings. The van der Waals surface area contributed by atoms with E-state index in [4.69, 9.17) is 0 Å². The highest BCUT2D eigenvalue weighted by atomic mass is 19.4. The van der Waals surface area contributed by atoms with Gasteiger partial charge in [0.05, 0.1) is 11.5 Å². The van der Waals surface area contributed by atoms with Crippen LogP contribution in [0.2, 0.25) is 0 Å². The molecule has 1 saturated carbocycles. The van der Waals surface area contributed by atoms with Crippen molar-refractivity contribution in [3.8, 4) is 0 Å². The van der Waals surface area contributed by atoms with E-state index in [1.807, 2.05) is 0 Å². The van der Waals surface area contributed by atoms with Gasteiger partial charge in [-0.05, 0) is 37.1 Å². The summed E-state index contributed by atoms with van der Waals surface area (Å²) in [5, 5.41) is 2.68. The lowest BCUT2D eigenvalue weighted by Gasteiger charge is -2.28. The van der Waals surface area contributed by atoms with Crippen LogP contribution in [0.5, 0.6) is 0 Å². The maximum absolute atomic E-state index is 12.7. The zero-order chi connectivity index (χ0) is 18.2. The van der Waals surface area contributed by atoms with Crippen LogP contribution in [0, 0.1) is 11.3 Å². The van der Waals surface area contributed by atoms with Crippen molar-refractivity contribution in [2.45, 2.75) is 31.9 Å². The molecule has 4 nitrogen and oxygen atoms in total. The molecule has 1 aliphatic heterocycles. The van der Waals surface area contributed by atoms with Crippen molar-refractivity contribution in [1.29, 1.82) is 0 Å². The maximum Gasteiger partial charge on any atom is 0.416 e. The Labute approximate surface area is 144 Å². The van der Waals surface area contributed by atoms with E-state index in [9.17, 15) is 22.8 Å². The van der Waals surface area contributed by atoms with Gasteiger partial charge in [-0.2, -0.15) is 13.2 Å². The molecule has 1 saturated heterocycles. The number of carbonyl (C=O) groups is 2. The SMILES string of the molecule is CNC(=O)[C@H]1CN(C(=O)c2ccc(C(F)(F)F)cc2)CC12CCCC2. The molecule has 1 aromatic rings. The average Bonchev–Trinajstić information content (AvgIpc) is 3.21. The minimum atomic E-state index is -4.42. The second-order valence-electron chi connectivity index (χ2n) is 7.00. The van der Waals surface area contributed by atoms with E-state index < -0.39 is 11.7 Å². The third kappa shape index (κ3) is 3.24. The minimum Gasteiger partial charge on any atom is -0.359 e. The first-order valence-electron chi connectivity index (χ1n) is 8.45. The summed E-state index contributed by atoms with van der Waals surface area (Å²) in [5.74, 6) is -0.630. The maximum atomic E-state index is 12.7. The van der Waals surface area contributed by atoms with E-state index in [0.717, 1.165) is 37.8 Å². The van der Waals surface area contributed by atoms with Crippen molar-refractivity contribution in [2.75, 3.05) is 20.1 Å². The Morgan fingerprint density at radius 1 is 1.16 bits per heavy atom. The Bertz CT molecular complexity index is 664. The van der Waals surface area contributed by atoms with Gasteiger partial charge in [-0.25, -0.2) is 0 Å². The molecule has 1 heterocycles.